The highest BCUT2D eigenvalue weighted by Crippen LogP contribution is 2.44. The number of benzene rings is 4. The molecule has 4 aromatic carbocycles. The first-order chi connectivity index (χ1) is 29.0. The van der Waals surface area contributed by atoms with Crippen LogP contribution in [-0.2, 0) is 47.3 Å². The summed E-state index contributed by atoms with van der Waals surface area (Å²) in [5, 5.41) is 6.93. The Kier molecular flexibility index (Phi) is 13.2. The minimum atomic E-state index is -0.133. The van der Waals surface area contributed by atoms with Crippen molar-refractivity contribution in [2.45, 2.75) is 143 Å². The highest BCUT2D eigenvalue weighted by Gasteiger charge is 2.30. The molecule has 62 heavy (non-hydrogen) atoms. The number of hydrogen-bond donors (Lipinski definition) is 2. The van der Waals surface area contributed by atoms with Crippen LogP contribution in [0.2, 0.25) is 0 Å². The molecule has 0 atom stereocenters. The molecule has 2 aliphatic heterocycles. The summed E-state index contributed by atoms with van der Waals surface area (Å²) in [4.78, 5) is 1.37. The zero-order chi connectivity index (χ0) is 44.8. The fourth-order valence-corrected chi connectivity index (χ4v) is 9.01. The lowest BCUT2D eigenvalue weighted by Crippen LogP contribution is -2.29. The number of hydrogen-bond acceptors (Lipinski definition) is 6. The molecule has 2 N–H and O–H groups in total. The van der Waals surface area contributed by atoms with Crippen molar-refractivity contribution in [2.24, 2.45) is 0 Å². The van der Waals surface area contributed by atoms with Crippen LogP contribution in [0, 0.1) is 0 Å². The predicted molar refractivity (Wildman–Crippen MR) is 264 cm³/mol. The van der Waals surface area contributed by atoms with Crippen LogP contribution in [0.1, 0.15) is 163 Å². The van der Waals surface area contributed by atoms with E-state index in [9.17, 15) is 0 Å². The van der Waals surface area contributed by atoms with Gasteiger partial charge in [0.15, 0.2) is 0 Å². The molecule has 0 saturated heterocycles. The Morgan fingerprint density at radius 1 is 0.371 bits per heavy atom. The first-order valence-electron chi connectivity index (χ1n) is 22.7. The van der Waals surface area contributed by atoms with Crippen molar-refractivity contribution in [1.29, 1.82) is 0 Å². The molecule has 2 heterocycles. The molecular weight excluding hydrogens is 805 g/mol. The molecule has 4 aromatic rings. The minimum Gasteiger partial charge on any atom is -0.493 e. The topological polar surface area (TPSA) is 61.0 Å². The van der Waals surface area contributed by atoms with Gasteiger partial charge in [-0.1, -0.05) is 156 Å². The zero-order valence-electron chi connectivity index (χ0n) is 39.6. The maximum atomic E-state index is 7.04. The minimum absolute atomic E-state index is 0.110. The van der Waals surface area contributed by atoms with Gasteiger partial charge in [0, 0.05) is 38.8 Å². The van der Waals surface area contributed by atoms with Gasteiger partial charge in [-0.3, -0.25) is 0 Å². The van der Waals surface area contributed by atoms with Gasteiger partial charge in [-0.25, -0.2) is 0 Å². The molecule has 6 nitrogen and oxygen atoms in total. The summed E-state index contributed by atoms with van der Waals surface area (Å²) in [5.41, 5.74) is 13.7. The summed E-state index contributed by atoms with van der Waals surface area (Å²) < 4.78 is 28.1. The van der Waals surface area contributed by atoms with E-state index in [1.54, 1.807) is 0 Å². The summed E-state index contributed by atoms with van der Waals surface area (Å²) in [6, 6.07) is 19.0. The van der Waals surface area contributed by atoms with Crippen molar-refractivity contribution in [3.05, 3.63) is 115 Å². The van der Waals surface area contributed by atoms with Gasteiger partial charge in [-0.15, -0.1) is 0 Å². The average molecular weight is 875 g/mol. The normalized spacial score (nSPS) is 16.8. The second-order valence-corrected chi connectivity index (χ2v) is 22.9. The van der Waals surface area contributed by atoms with E-state index < -0.39 is 0 Å². The van der Waals surface area contributed by atoms with E-state index in [2.05, 4.69) is 142 Å². The maximum Gasteiger partial charge on any atom is 0.138 e. The lowest BCUT2D eigenvalue weighted by atomic mass is 9.79. The van der Waals surface area contributed by atoms with Crippen LogP contribution in [0.3, 0.4) is 0 Å². The Bertz CT molecular complexity index is 2190. The SMILES string of the molecule is CC(C)(C)c1cc2c3c(c1)Cc1cc(C(C)(C)C)cc(c1OCC(=S)NCCCO3)Cc1cc(C(C)(C)C)cc3c1OCC(=S)NCCCOc1c(cc(C(C)(C)C)cc1C3)C2. The molecule has 0 unspecified atom stereocenters. The van der Waals surface area contributed by atoms with E-state index in [1.165, 1.54) is 33.4 Å². The standard InChI is InChI=1S/C54H70N2O4S2/c1-51(2,3)41-23-33-19-34-24-42(52(4,5)6)26-36-21-38-28-44(54(10,11)12)30-40(50(38)60-32-46(62)56-16-14-18-58-48(34)36)22-39-29-43(53(7,8)9)27-37-20-35(25-41)47(33)57-17-13-15-55-45(61)31-59-49(37)39/h23-30H,13-22,31-32H2,1-12H3,(H,55,61)(H,56,62). The Morgan fingerprint density at radius 3 is 0.823 bits per heavy atom. The van der Waals surface area contributed by atoms with Crippen LogP contribution in [-0.4, -0.2) is 49.5 Å². The molecule has 7 rings (SSSR count). The summed E-state index contributed by atoms with van der Waals surface area (Å²) >= 11 is 11.8. The average Bonchev–Trinajstić information content (AvgIpc) is 3.18. The van der Waals surface area contributed by atoms with Gasteiger partial charge in [0.25, 0.3) is 0 Å². The van der Waals surface area contributed by atoms with Crippen LogP contribution < -0.4 is 29.6 Å². The Balaban J connectivity index is 1.65. The first-order valence-corrected chi connectivity index (χ1v) is 23.6. The third-order valence-electron chi connectivity index (χ3n) is 12.4. The van der Waals surface area contributed by atoms with Gasteiger partial charge in [0.05, 0.1) is 13.2 Å². The molecule has 332 valence electrons. The summed E-state index contributed by atoms with van der Waals surface area (Å²) in [7, 11) is 0. The van der Waals surface area contributed by atoms with E-state index in [-0.39, 0.29) is 34.9 Å². The van der Waals surface area contributed by atoms with E-state index in [1.807, 2.05) is 0 Å². The number of ether oxygens (including phenoxy) is 4. The van der Waals surface area contributed by atoms with Gasteiger partial charge in [-0.05, 0) is 101 Å². The highest BCUT2D eigenvalue weighted by molar-refractivity contribution is 7.80. The van der Waals surface area contributed by atoms with E-state index in [4.69, 9.17) is 43.4 Å². The molecule has 3 aliphatic rings. The van der Waals surface area contributed by atoms with Crippen LogP contribution in [0.5, 0.6) is 23.0 Å². The van der Waals surface area contributed by atoms with Gasteiger partial charge < -0.3 is 29.6 Å². The number of thiocarbonyl (C=S) groups is 2. The Hall–Kier alpha value is -4.14. The third kappa shape index (κ3) is 10.6. The second kappa shape index (κ2) is 17.8. The van der Waals surface area contributed by atoms with Crippen molar-refractivity contribution in [3.63, 3.8) is 0 Å². The van der Waals surface area contributed by atoms with E-state index in [0.717, 1.165) is 69.2 Å². The van der Waals surface area contributed by atoms with E-state index >= 15 is 0 Å². The molecule has 1 aliphatic carbocycles. The van der Waals surface area contributed by atoms with Gasteiger partial charge in [-0.2, -0.15) is 0 Å². The van der Waals surface area contributed by atoms with Gasteiger partial charge in [0.2, 0.25) is 0 Å². The fourth-order valence-electron chi connectivity index (χ4n) is 8.69. The molecule has 0 radical (unpaired) electrons. The largest absolute Gasteiger partial charge is 0.493 e. The quantitative estimate of drug-likeness (QED) is 0.149. The van der Waals surface area contributed by atoms with Crippen molar-refractivity contribution in [2.75, 3.05) is 39.5 Å². The van der Waals surface area contributed by atoms with Crippen LogP contribution in [0.25, 0.3) is 0 Å². The smallest absolute Gasteiger partial charge is 0.138 e. The maximum absolute atomic E-state index is 7.04. The number of nitrogens with one attached hydrogen (secondary N) is 2. The molecular formula is C54H70N2O4S2. The predicted octanol–water partition coefficient (Wildman–Crippen LogP) is 11.7. The van der Waals surface area contributed by atoms with Crippen LogP contribution >= 0.6 is 24.4 Å². The van der Waals surface area contributed by atoms with Crippen molar-refractivity contribution < 1.29 is 18.9 Å². The number of rotatable bonds is 0. The Labute approximate surface area is 383 Å². The Morgan fingerprint density at radius 2 is 0.597 bits per heavy atom. The molecule has 0 amide bonds. The van der Waals surface area contributed by atoms with E-state index in [0.29, 0.717) is 62.0 Å². The van der Waals surface area contributed by atoms with Crippen LogP contribution in [0.15, 0.2) is 48.5 Å². The summed E-state index contributed by atoms with van der Waals surface area (Å²) in [6.07, 6.45) is 4.10. The lowest BCUT2D eigenvalue weighted by molar-refractivity contribution is 0.302. The fraction of sp³-hybridized carbons (Fsp3) is 0.519. The third-order valence-corrected chi connectivity index (χ3v) is 13.0. The van der Waals surface area contributed by atoms with Crippen molar-refractivity contribution >= 4 is 34.4 Å². The van der Waals surface area contributed by atoms with Crippen molar-refractivity contribution in [3.8, 4) is 23.0 Å². The molecule has 12 bridgehead atoms. The summed E-state index contributed by atoms with van der Waals surface area (Å²) in [6.45, 7) is 30.7. The zero-order valence-corrected chi connectivity index (χ0v) is 41.2. The summed E-state index contributed by atoms with van der Waals surface area (Å²) in [5.74, 6) is 3.64. The molecule has 0 saturated carbocycles. The first kappa shape index (κ1) is 45.9. The van der Waals surface area contributed by atoms with Gasteiger partial charge >= 0.3 is 0 Å². The van der Waals surface area contributed by atoms with Crippen LogP contribution in [0.4, 0.5) is 0 Å². The second-order valence-electron chi connectivity index (χ2n) is 21.9. The van der Waals surface area contributed by atoms with Crippen molar-refractivity contribution in [1.82, 2.24) is 10.6 Å². The molecule has 0 aromatic heterocycles. The molecule has 0 fully saturated rings. The molecule has 0 spiro atoms. The monoisotopic (exact) mass is 874 g/mol. The molecule has 8 heteroatoms. The highest BCUT2D eigenvalue weighted by atomic mass is 32.1. The lowest BCUT2D eigenvalue weighted by Gasteiger charge is -2.29. The van der Waals surface area contributed by atoms with Gasteiger partial charge in [0.1, 0.15) is 46.2 Å².